The van der Waals surface area contributed by atoms with Crippen LogP contribution in [0.25, 0.3) is 0 Å². The molecule has 2 aliphatic rings. The highest BCUT2D eigenvalue weighted by molar-refractivity contribution is 14.0. The Bertz CT molecular complexity index is 653. The topological polar surface area (TPSA) is 48.9 Å². The van der Waals surface area contributed by atoms with E-state index in [0.29, 0.717) is 18.1 Å². The summed E-state index contributed by atoms with van der Waals surface area (Å²) in [5.41, 5.74) is 1.57. The van der Waals surface area contributed by atoms with Gasteiger partial charge in [0.1, 0.15) is 0 Å². The summed E-state index contributed by atoms with van der Waals surface area (Å²) in [4.78, 5) is 7.54. The smallest absolute Gasteiger partial charge is 0.191 e. The molecule has 176 valence electrons. The Hall–Kier alpha value is -0.860. The maximum absolute atomic E-state index is 6.14. The van der Waals surface area contributed by atoms with E-state index >= 15 is 0 Å². The first kappa shape index (κ1) is 26.4. The fourth-order valence-electron chi connectivity index (χ4n) is 4.79. The lowest BCUT2D eigenvalue weighted by atomic mass is 9.78. The zero-order valence-electron chi connectivity index (χ0n) is 19.9. The van der Waals surface area contributed by atoms with Gasteiger partial charge in [-0.3, -0.25) is 9.89 Å². The quantitative estimate of drug-likeness (QED) is 0.312. The Morgan fingerprint density at radius 2 is 1.84 bits per heavy atom. The first-order chi connectivity index (χ1) is 14.5. The molecule has 2 aliphatic heterocycles. The highest BCUT2D eigenvalue weighted by atomic mass is 127. The van der Waals surface area contributed by atoms with Gasteiger partial charge in [-0.15, -0.1) is 24.0 Å². The number of ether oxygens (including phenoxy) is 1. The van der Waals surface area contributed by atoms with Gasteiger partial charge in [0.05, 0.1) is 6.10 Å². The van der Waals surface area contributed by atoms with Crippen LogP contribution < -0.4 is 10.6 Å². The monoisotopic (exact) mass is 542 g/mol. The SMILES string of the molecule is CCNC(=NCC1CCCOC1C(C)(C)C)NC1CCN(Cc2ccccc2)CC1.I. The maximum Gasteiger partial charge on any atom is 0.191 e. The van der Waals surface area contributed by atoms with Gasteiger partial charge < -0.3 is 15.4 Å². The highest BCUT2D eigenvalue weighted by Gasteiger charge is 2.35. The number of nitrogens with zero attached hydrogens (tertiary/aromatic N) is 2. The molecular weight excluding hydrogens is 499 g/mol. The lowest BCUT2D eigenvalue weighted by Gasteiger charge is -2.39. The Labute approximate surface area is 206 Å². The van der Waals surface area contributed by atoms with E-state index in [1.54, 1.807) is 0 Å². The van der Waals surface area contributed by atoms with Crippen LogP contribution in [0.1, 0.15) is 58.9 Å². The van der Waals surface area contributed by atoms with E-state index < -0.39 is 0 Å². The molecule has 0 aliphatic carbocycles. The molecule has 0 bridgehead atoms. The van der Waals surface area contributed by atoms with E-state index in [2.05, 4.69) is 73.6 Å². The van der Waals surface area contributed by atoms with E-state index in [0.717, 1.165) is 64.6 Å². The number of piperidine rings is 1. The summed E-state index contributed by atoms with van der Waals surface area (Å²) < 4.78 is 6.14. The lowest BCUT2D eigenvalue weighted by molar-refractivity contribution is -0.0823. The van der Waals surface area contributed by atoms with Crippen molar-refractivity contribution in [1.82, 2.24) is 15.5 Å². The second-order valence-electron chi connectivity index (χ2n) is 9.96. The molecule has 2 atom stereocenters. The van der Waals surface area contributed by atoms with Crippen molar-refractivity contribution in [3.05, 3.63) is 35.9 Å². The molecule has 0 amide bonds. The van der Waals surface area contributed by atoms with Gasteiger partial charge in [0.25, 0.3) is 0 Å². The van der Waals surface area contributed by atoms with Crippen LogP contribution >= 0.6 is 24.0 Å². The Balaban J connectivity index is 0.00000341. The standard InChI is InChI=1S/C25H42N4O.HI/c1-5-26-24(27-18-21-12-9-17-30-23(21)25(2,3)4)28-22-13-15-29(16-14-22)19-20-10-7-6-8-11-20;/h6-8,10-11,21-23H,5,9,12-19H2,1-4H3,(H2,26,27,28);1H. The summed E-state index contributed by atoms with van der Waals surface area (Å²) in [5.74, 6) is 1.47. The van der Waals surface area contributed by atoms with Gasteiger partial charge in [-0.1, -0.05) is 51.1 Å². The molecule has 2 saturated heterocycles. The molecule has 1 aromatic carbocycles. The Morgan fingerprint density at radius 1 is 1.13 bits per heavy atom. The minimum absolute atomic E-state index is 0. The van der Waals surface area contributed by atoms with Crippen LogP contribution in [0.3, 0.4) is 0 Å². The van der Waals surface area contributed by atoms with E-state index in [9.17, 15) is 0 Å². The van der Waals surface area contributed by atoms with Crippen molar-refractivity contribution in [3.8, 4) is 0 Å². The molecule has 5 nitrogen and oxygen atoms in total. The van der Waals surface area contributed by atoms with Crippen molar-refractivity contribution in [2.24, 2.45) is 16.3 Å². The van der Waals surface area contributed by atoms with Crippen LogP contribution in [-0.2, 0) is 11.3 Å². The predicted molar refractivity (Wildman–Crippen MR) is 141 cm³/mol. The van der Waals surface area contributed by atoms with Gasteiger partial charge in [-0.25, -0.2) is 0 Å². The van der Waals surface area contributed by atoms with Crippen molar-refractivity contribution in [3.63, 3.8) is 0 Å². The summed E-state index contributed by atoms with van der Waals surface area (Å²) in [6.07, 6.45) is 4.97. The fraction of sp³-hybridized carbons (Fsp3) is 0.720. The average Bonchev–Trinajstić information content (AvgIpc) is 2.74. The van der Waals surface area contributed by atoms with Crippen LogP contribution in [0.15, 0.2) is 35.3 Å². The molecule has 2 fully saturated rings. The first-order valence-corrected chi connectivity index (χ1v) is 11.9. The molecule has 0 radical (unpaired) electrons. The average molecular weight is 543 g/mol. The summed E-state index contributed by atoms with van der Waals surface area (Å²) in [5, 5.41) is 7.16. The zero-order chi connectivity index (χ0) is 21.4. The van der Waals surface area contributed by atoms with Crippen LogP contribution in [0.4, 0.5) is 0 Å². The normalized spacial score (nSPS) is 23.8. The van der Waals surface area contributed by atoms with Crippen molar-refractivity contribution in [2.45, 2.75) is 72.1 Å². The second-order valence-corrected chi connectivity index (χ2v) is 9.96. The molecule has 0 aromatic heterocycles. The van der Waals surface area contributed by atoms with Gasteiger partial charge in [0, 0.05) is 51.3 Å². The largest absolute Gasteiger partial charge is 0.377 e. The molecule has 6 heteroatoms. The van der Waals surface area contributed by atoms with Crippen molar-refractivity contribution in [1.29, 1.82) is 0 Å². The van der Waals surface area contributed by atoms with Crippen LogP contribution in [0, 0.1) is 11.3 Å². The minimum atomic E-state index is 0. The number of guanidine groups is 1. The van der Waals surface area contributed by atoms with Crippen LogP contribution in [-0.4, -0.2) is 55.8 Å². The molecule has 2 unspecified atom stereocenters. The Kier molecular flexibility index (Phi) is 11.1. The summed E-state index contributed by atoms with van der Waals surface area (Å²) in [7, 11) is 0. The zero-order valence-corrected chi connectivity index (χ0v) is 22.2. The fourth-order valence-corrected chi connectivity index (χ4v) is 4.79. The number of halogens is 1. The number of hydrogen-bond donors (Lipinski definition) is 2. The molecule has 0 saturated carbocycles. The van der Waals surface area contributed by atoms with Crippen LogP contribution in [0.5, 0.6) is 0 Å². The lowest BCUT2D eigenvalue weighted by Crippen LogP contribution is -2.49. The van der Waals surface area contributed by atoms with Crippen LogP contribution in [0.2, 0.25) is 0 Å². The minimum Gasteiger partial charge on any atom is -0.377 e. The molecule has 0 spiro atoms. The van der Waals surface area contributed by atoms with E-state index in [1.165, 1.54) is 12.0 Å². The van der Waals surface area contributed by atoms with Gasteiger partial charge in [-0.2, -0.15) is 0 Å². The van der Waals surface area contributed by atoms with Gasteiger partial charge in [-0.05, 0) is 43.6 Å². The van der Waals surface area contributed by atoms with E-state index in [-0.39, 0.29) is 29.4 Å². The first-order valence-electron chi connectivity index (χ1n) is 11.9. The summed E-state index contributed by atoms with van der Waals surface area (Å²) in [6, 6.07) is 11.3. The summed E-state index contributed by atoms with van der Waals surface area (Å²) >= 11 is 0. The Morgan fingerprint density at radius 3 is 2.48 bits per heavy atom. The second kappa shape index (κ2) is 13.0. The molecular formula is C25H43IN4O. The van der Waals surface area contributed by atoms with Gasteiger partial charge >= 0.3 is 0 Å². The highest BCUT2D eigenvalue weighted by Crippen LogP contribution is 2.34. The molecule has 1 aromatic rings. The van der Waals surface area contributed by atoms with E-state index in [1.807, 2.05) is 0 Å². The molecule has 31 heavy (non-hydrogen) atoms. The number of benzene rings is 1. The van der Waals surface area contributed by atoms with Crippen molar-refractivity contribution in [2.75, 3.05) is 32.8 Å². The number of nitrogens with one attached hydrogen (secondary N) is 2. The predicted octanol–water partition coefficient (Wildman–Crippen LogP) is 4.67. The van der Waals surface area contributed by atoms with Crippen molar-refractivity contribution < 1.29 is 4.74 Å². The third kappa shape index (κ3) is 8.54. The number of aliphatic imine (C=N–C) groups is 1. The van der Waals surface area contributed by atoms with E-state index in [4.69, 9.17) is 9.73 Å². The number of rotatable bonds is 6. The third-order valence-corrected chi connectivity index (χ3v) is 6.30. The maximum atomic E-state index is 6.14. The summed E-state index contributed by atoms with van der Waals surface area (Å²) in [6.45, 7) is 14.9. The molecule has 3 rings (SSSR count). The van der Waals surface area contributed by atoms with Gasteiger partial charge in [0.2, 0.25) is 0 Å². The molecule has 2 heterocycles. The third-order valence-electron chi connectivity index (χ3n) is 6.30. The number of likely N-dealkylation sites (tertiary alicyclic amines) is 1. The van der Waals surface area contributed by atoms with Gasteiger partial charge in [0.15, 0.2) is 5.96 Å². The van der Waals surface area contributed by atoms with Crippen molar-refractivity contribution >= 4 is 29.9 Å². The number of hydrogen-bond acceptors (Lipinski definition) is 3. The molecule has 2 N–H and O–H groups in total.